The first-order valence-corrected chi connectivity index (χ1v) is 10.3. The fourth-order valence-corrected chi connectivity index (χ4v) is 3.61. The van der Waals surface area contributed by atoms with Crippen molar-refractivity contribution >= 4 is 23.4 Å². The minimum atomic E-state index is -4.58. The molecule has 3 rings (SSSR count). The van der Waals surface area contributed by atoms with Crippen LogP contribution in [-0.4, -0.2) is 20.9 Å². The number of anilines is 1. The normalized spacial score (nSPS) is 12.5. The Morgan fingerprint density at radius 2 is 1.77 bits per heavy atom. The third kappa shape index (κ3) is 5.35. The molecule has 0 spiro atoms. The summed E-state index contributed by atoms with van der Waals surface area (Å²) in [4.78, 5) is 24.8. The Labute approximate surface area is 181 Å². The lowest BCUT2D eigenvalue weighted by molar-refractivity contribution is -0.137. The number of aromatic nitrogens is 2. The molecule has 0 fully saturated rings. The third-order valence-electron chi connectivity index (χ3n) is 4.67. The quantitative estimate of drug-likeness (QED) is 0.560. The standard InChI is InChI=1S/C22H20F3N3O2S/c1-13-8-9-16(12-14(13)2)28-20(29)11-10-19(27-28)31-15(3)21(30)26-18-7-5-4-6-17(18)22(23,24)25/h4-12,15H,1-3H3,(H,26,30). The van der Waals surface area contributed by atoms with Crippen molar-refractivity contribution in [3.05, 3.63) is 81.6 Å². The molecule has 1 atom stereocenters. The molecule has 0 bridgehead atoms. The summed E-state index contributed by atoms with van der Waals surface area (Å²) in [6.45, 7) is 5.44. The molecule has 1 unspecified atom stereocenters. The number of carbonyl (C=O) groups is 1. The summed E-state index contributed by atoms with van der Waals surface area (Å²) < 4.78 is 40.7. The smallest absolute Gasteiger partial charge is 0.325 e. The van der Waals surface area contributed by atoms with Gasteiger partial charge in [0.15, 0.2) is 0 Å². The van der Waals surface area contributed by atoms with E-state index in [1.807, 2.05) is 26.0 Å². The Kier molecular flexibility index (Phi) is 6.54. The molecular formula is C22H20F3N3O2S. The molecule has 3 aromatic rings. The van der Waals surface area contributed by atoms with E-state index in [2.05, 4.69) is 10.4 Å². The number of halogens is 3. The molecule has 31 heavy (non-hydrogen) atoms. The van der Waals surface area contributed by atoms with Gasteiger partial charge in [0.2, 0.25) is 5.91 Å². The lowest BCUT2D eigenvalue weighted by Crippen LogP contribution is -2.25. The number of hydrogen-bond donors (Lipinski definition) is 1. The SMILES string of the molecule is Cc1ccc(-n2nc(SC(C)C(=O)Nc3ccccc3C(F)(F)F)ccc2=O)cc1C. The summed E-state index contributed by atoms with van der Waals surface area (Å²) in [6.07, 6.45) is -4.58. The van der Waals surface area contributed by atoms with Gasteiger partial charge in [0.05, 0.1) is 22.2 Å². The first kappa shape index (κ1) is 22.6. The summed E-state index contributed by atoms with van der Waals surface area (Å²) in [7, 11) is 0. The Hall–Kier alpha value is -3.07. The van der Waals surface area contributed by atoms with Gasteiger partial charge in [-0.3, -0.25) is 9.59 Å². The van der Waals surface area contributed by atoms with Gasteiger partial charge in [-0.25, -0.2) is 0 Å². The van der Waals surface area contributed by atoms with Crippen LogP contribution in [0.3, 0.4) is 0 Å². The second-order valence-electron chi connectivity index (χ2n) is 6.98. The maximum atomic E-state index is 13.1. The summed E-state index contributed by atoms with van der Waals surface area (Å²) >= 11 is 1.05. The van der Waals surface area contributed by atoms with Crippen LogP contribution in [0, 0.1) is 13.8 Å². The molecular weight excluding hydrogens is 427 g/mol. The number of carbonyl (C=O) groups excluding carboxylic acids is 1. The lowest BCUT2D eigenvalue weighted by Gasteiger charge is -2.16. The summed E-state index contributed by atoms with van der Waals surface area (Å²) in [5, 5.41) is 6.28. The largest absolute Gasteiger partial charge is 0.418 e. The minimum Gasteiger partial charge on any atom is -0.325 e. The molecule has 0 saturated carbocycles. The van der Waals surface area contributed by atoms with Crippen LogP contribution in [-0.2, 0) is 11.0 Å². The van der Waals surface area contributed by atoms with Crippen LogP contribution in [0.2, 0.25) is 0 Å². The second kappa shape index (κ2) is 8.97. The number of nitrogens with one attached hydrogen (secondary N) is 1. The number of amides is 1. The first-order chi connectivity index (χ1) is 14.6. The molecule has 0 radical (unpaired) electrons. The number of para-hydroxylation sites is 1. The number of rotatable bonds is 5. The fourth-order valence-electron chi connectivity index (χ4n) is 2.81. The van der Waals surface area contributed by atoms with Gasteiger partial charge >= 0.3 is 6.18 Å². The molecule has 1 amide bonds. The van der Waals surface area contributed by atoms with Crippen molar-refractivity contribution in [2.75, 3.05) is 5.32 Å². The average Bonchev–Trinajstić information content (AvgIpc) is 2.71. The predicted molar refractivity (Wildman–Crippen MR) is 115 cm³/mol. The second-order valence-corrected chi connectivity index (χ2v) is 8.34. The highest BCUT2D eigenvalue weighted by Gasteiger charge is 2.34. The molecule has 0 aliphatic heterocycles. The Morgan fingerprint density at radius 3 is 2.45 bits per heavy atom. The highest BCUT2D eigenvalue weighted by atomic mass is 32.2. The highest BCUT2D eigenvalue weighted by Crippen LogP contribution is 2.35. The average molecular weight is 447 g/mol. The van der Waals surface area contributed by atoms with Gasteiger partial charge in [0.1, 0.15) is 5.03 Å². The van der Waals surface area contributed by atoms with Gasteiger partial charge in [0, 0.05) is 6.07 Å². The van der Waals surface area contributed by atoms with E-state index in [9.17, 15) is 22.8 Å². The van der Waals surface area contributed by atoms with Crippen molar-refractivity contribution in [1.82, 2.24) is 9.78 Å². The van der Waals surface area contributed by atoms with Crippen molar-refractivity contribution in [2.45, 2.75) is 37.2 Å². The van der Waals surface area contributed by atoms with Crippen LogP contribution in [0.4, 0.5) is 18.9 Å². The van der Waals surface area contributed by atoms with Gasteiger partial charge in [-0.15, -0.1) is 0 Å². The van der Waals surface area contributed by atoms with E-state index in [0.717, 1.165) is 29.0 Å². The zero-order chi connectivity index (χ0) is 22.8. The molecule has 0 aliphatic rings. The molecule has 162 valence electrons. The van der Waals surface area contributed by atoms with Crippen molar-refractivity contribution in [3.8, 4) is 5.69 Å². The lowest BCUT2D eigenvalue weighted by atomic mass is 10.1. The molecule has 9 heteroatoms. The van der Waals surface area contributed by atoms with E-state index in [4.69, 9.17) is 0 Å². The van der Waals surface area contributed by atoms with E-state index < -0.39 is 22.9 Å². The first-order valence-electron chi connectivity index (χ1n) is 9.38. The third-order valence-corrected chi connectivity index (χ3v) is 5.69. The van der Waals surface area contributed by atoms with Crippen molar-refractivity contribution in [2.24, 2.45) is 0 Å². The number of nitrogens with zero attached hydrogens (tertiary/aromatic N) is 2. The van der Waals surface area contributed by atoms with Crippen LogP contribution in [0.25, 0.3) is 5.69 Å². The van der Waals surface area contributed by atoms with Crippen molar-refractivity contribution in [3.63, 3.8) is 0 Å². The monoisotopic (exact) mass is 447 g/mol. The predicted octanol–water partition coefficient (Wildman–Crippen LogP) is 4.99. The zero-order valence-electron chi connectivity index (χ0n) is 17.0. The Bertz CT molecular complexity index is 1180. The van der Waals surface area contributed by atoms with Crippen molar-refractivity contribution < 1.29 is 18.0 Å². The van der Waals surface area contributed by atoms with Crippen LogP contribution < -0.4 is 10.9 Å². The van der Waals surface area contributed by atoms with Gasteiger partial charge in [-0.2, -0.15) is 23.0 Å². The molecule has 1 heterocycles. The molecule has 0 aliphatic carbocycles. The van der Waals surface area contributed by atoms with Crippen LogP contribution in [0.1, 0.15) is 23.6 Å². The van der Waals surface area contributed by atoms with Gasteiger partial charge in [-0.05, 0) is 62.2 Å². The molecule has 5 nitrogen and oxygen atoms in total. The van der Waals surface area contributed by atoms with Gasteiger partial charge in [0.25, 0.3) is 5.56 Å². The van der Waals surface area contributed by atoms with E-state index in [1.54, 1.807) is 13.0 Å². The zero-order valence-corrected chi connectivity index (χ0v) is 17.8. The van der Waals surface area contributed by atoms with Crippen molar-refractivity contribution in [1.29, 1.82) is 0 Å². The highest BCUT2D eigenvalue weighted by molar-refractivity contribution is 8.00. The summed E-state index contributed by atoms with van der Waals surface area (Å²) in [5.74, 6) is -0.604. The van der Waals surface area contributed by atoms with E-state index in [1.165, 1.54) is 35.0 Å². The summed E-state index contributed by atoms with van der Waals surface area (Å²) in [5.41, 5.74) is 1.12. The van der Waals surface area contributed by atoms with E-state index in [0.29, 0.717) is 10.7 Å². The number of benzene rings is 2. The van der Waals surface area contributed by atoms with Crippen LogP contribution in [0.5, 0.6) is 0 Å². The van der Waals surface area contributed by atoms with Gasteiger partial charge < -0.3 is 5.32 Å². The van der Waals surface area contributed by atoms with Crippen LogP contribution in [0.15, 0.2) is 64.4 Å². The maximum Gasteiger partial charge on any atom is 0.418 e. The number of hydrogen-bond acceptors (Lipinski definition) is 4. The summed E-state index contributed by atoms with van der Waals surface area (Å²) in [6, 6.07) is 13.1. The topological polar surface area (TPSA) is 64.0 Å². The number of alkyl halides is 3. The molecule has 1 N–H and O–H groups in total. The Morgan fingerprint density at radius 1 is 1.06 bits per heavy atom. The Balaban J connectivity index is 1.79. The molecule has 2 aromatic carbocycles. The minimum absolute atomic E-state index is 0.305. The van der Waals surface area contributed by atoms with Gasteiger partial charge in [-0.1, -0.05) is 30.0 Å². The van der Waals surface area contributed by atoms with Crippen LogP contribution >= 0.6 is 11.8 Å². The maximum absolute atomic E-state index is 13.1. The number of thioether (sulfide) groups is 1. The molecule has 1 aromatic heterocycles. The fraction of sp³-hybridized carbons (Fsp3) is 0.227. The number of aryl methyl sites for hydroxylation is 2. The van der Waals surface area contributed by atoms with E-state index in [-0.39, 0.29) is 11.2 Å². The van der Waals surface area contributed by atoms with E-state index >= 15 is 0 Å². The molecule has 0 saturated heterocycles.